The number of hydrogen-bond donors (Lipinski definition) is 1. The Kier molecular flexibility index (Phi) is 6.15. The summed E-state index contributed by atoms with van der Waals surface area (Å²) in [7, 11) is 0. The molecule has 1 aromatic heterocycles. The molecule has 1 saturated heterocycles. The lowest BCUT2D eigenvalue weighted by atomic mass is 10.2. The molecule has 0 bridgehead atoms. The highest BCUT2D eigenvalue weighted by Gasteiger charge is 2.39. The highest BCUT2D eigenvalue weighted by molar-refractivity contribution is 8.04. The molecule has 156 valence electrons. The van der Waals surface area contributed by atoms with Crippen molar-refractivity contribution in [2.75, 3.05) is 13.2 Å². The quantitative estimate of drug-likeness (QED) is 0.540. The number of imide groups is 1. The largest absolute Gasteiger partial charge is 0.377 e. The third-order valence-electron chi connectivity index (χ3n) is 4.99. The number of thioether (sulfide) groups is 1. The molecule has 1 atom stereocenters. The van der Waals surface area contributed by atoms with Gasteiger partial charge in [0.25, 0.3) is 11.8 Å². The smallest absolute Gasteiger partial charge is 0.278 e. The highest BCUT2D eigenvalue weighted by atomic mass is 32.2. The number of nitrogens with zero attached hydrogens (tertiary/aromatic N) is 3. The van der Waals surface area contributed by atoms with E-state index < -0.39 is 0 Å². The topological polar surface area (TPSA) is 84.4 Å². The number of carbonyl (C=O) groups excluding carboxylic acids is 2. The lowest BCUT2D eigenvalue weighted by molar-refractivity contribution is -0.138. The molecule has 2 aromatic rings. The summed E-state index contributed by atoms with van der Waals surface area (Å²) < 4.78 is 5.66. The van der Waals surface area contributed by atoms with E-state index in [1.165, 1.54) is 4.90 Å². The second-order valence-electron chi connectivity index (χ2n) is 7.44. The summed E-state index contributed by atoms with van der Waals surface area (Å²) in [5.74, 6) is -0.653. The molecule has 2 amide bonds. The molecular formula is C22H24N4O3S. The van der Waals surface area contributed by atoms with Crippen LogP contribution in [0.1, 0.15) is 29.8 Å². The van der Waals surface area contributed by atoms with Crippen molar-refractivity contribution in [3.05, 3.63) is 64.0 Å². The first-order chi connectivity index (χ1) is 14.5. The first-order valence-electron chi connectivity index (χ1n) is 10.0. The Bertz CT molecular complexity index is 967. The van der Waals surface area contributed by atoms with Crippen molar-refractivity contribution in [2.24, 2.45) is 0 Å². The molecular weight excluding hydrogens is 400 g/mol. The second-order valence-corrected chi connectivity index (χ2v) is 8.41. The Hall–Kier alpha value is -2.71. The number of rotatable bonds is 7. The van der Waals surface area contributed by atoms with Crippen LogP contribution in [-0.2, 0) is 20.9 Å². The summed E-state index contributed by atoms with van der Waals surface area (Å²) in [4.78, 5) is 36.8. The van der Waals surface area contributed by atoms with Crippen molar-refractivity contribution in [3.63, 3.8) is 0 Å². The van der Waals surface area contributed by atoms with Crippen LogP contribution in [0, 0.1) is 13.8 Å². The summed E-state index contributed by atoms with van der Waals surface area (Å²) in [6.07, 6.45) is 2.00. The van der Waals surface area contributed by atoms with Gasteiger partial charge in [-0.15, -0.1) is 0 Å². The molecule has 2 aliphatic heterocycles. The molecule has 0 radical (unpaired) electrons. The first kappa shape index (κ1) is 20.6. The van der Waals surface area contributed by atoms with Gasteiger partial charge in [-0.25, -0.2) is 9.97 Å². The van der Waals surface area contributed by atoms with Crippen LogP contribution in [0.4, 0.5) is 0 Å². The minimum Gasteiger partial charge on any atom is -0.377 e. The van der Waals surface area contributed by atoms with E-state index in [9.17, 15) is 9.59 Å². The van der Waals surface area contributed by atoms with Gasteiger partial charge in [-0.3, -0.25) is 14.5 Å². The molecule has 30 heavy (non-hydrogen) atoms. The zero-order valence-electron chi connectivity index (χ0n) is 17.1. The maximum absolute atomic E-state index is 13.2. The van der Waals surface area contributed by atoms with E-state index in [0.29, 0.717) is 22.3 Å². The van der Waals surface area contributed by atoms with Gasteiger partial charge in [-0.05, 0) is 50.1 Å². The van der Waals surface area contributed by atoms with Crippen molar-refractivity contribution in [3.8, 4) is 0 Å². The summed E-state index contributed by atoms with van der Waals surface area (Å²) in [6.45, 7) is 5.21. The Morgan fingerprint density at radius 1 is 1.13 bits per heavy atom. The molecule has 4 rings (SSSR count). The van der Waals surface area contributed by atoms with Crippen LogP contribution in [0.2, 0.25) is 0 Å². The summed E-state index contributed by atoms with van der Waals surface area (Å²) in [5.41, 5.74) is 2.83. The Morgan fingerprint density at radius 3 is 2.53 bits per heavy atom. The van der Waals surface area contributed by atoms with Gasteiger partial charge in [0.2, 0.25) is 0 Å². The van der Waals surface area contributed by atoms with E-state index in [2.05, 4.69) is 15.3 Å². The molecule has 2 aliphatic rings. The molecule has 0 spiro atoms. The standard InChI is InChI=1S/C22H24N4O3S/c1-14-11-15(2)25-22(24-14)30-19-18(23-12-17-9-6-10-29-17)20(27)26(21(19)28)13-16-7-4-3-5-8-16/h3-5,7-8,11,17,23H,6,9-10,12-13H2,1-2H3. The number of aromatic nitrogens is 2. The lowest BCUT2D eigenvalue weighted by Gasteiger charge is -2.16. The summed E-state index contributed by atoms with van der Waals surface area (Å²) >= 11 is 1.14. The molecule has 1 fully saturated rings. The third kappa shape index (κ3) is 4.55. The third-order valence-corrected chi connectivity index (χ3v) is 5.94. The molecule has 3 heterocycles. The molecule has 0 saturated carbocycles. The SMILES string of the molecule is Cc1cc(C)nc(SC2=C(NCC3CCCO3)C(=O)N(Cc3ccccc3)C2=O)n1. The number of carbonyl (C=O) groups is 2. The van der Waals surface area contributed by atoms with Crippen LogP contribution in [0.25, 0.3) is 0 Å². The van der Waals surface area contributed by atoms with E-state index >= 15 is 0 Å². The normalized spacial score (nSPS) is 19.1. The summed E-state index contributed by atoms with van der Waals surface area (Å²) in [5, 5.41) is 3.65. The Balaban J connectivity index is 1.60. The fourth-order valence-electron chi connectivity index (χ4n) is 3.57. The average Bonchev–Trinajstić information content (AvgIpc) is 3.30. The molecule has 7 nitrogen and oxygen atoms in total. The maximum atomic E-state index is 13.2. The van der Waals surface area contributed by atoms with Gasteiger partial charge in [0.1, 0.15) is 10.6 Å². The lowest BCUT2D eigenvalue weighted by Crippen LogP contribution is -2.35. The molecule has 1 unspecified atom stereocenters. The number of nitrogens with one attached hydrogen (secondary N) is 1. The molecule has 0 aliphatic carbocycles. The van der Waals surface area contributed by atoms with E-state index in [1.807, 2.05) is 50.2 Å². The number of ether oxygens (including phenoxy) is 1. The monoisotopic (exact) mass is 424 g/mol. The van der Waals surface area contributed by atoms with Crippen LogP contribution in [0.15, 0.2) is 52.2 Å². The van der Waals surface area contributed by atoms with E-state index in [0.717, 1.165) is 48.2 Å². The predicted octanol–water partition coefficient (Wildman–Crippen LogP) is 2.73. The number of benzene rings is 1. The molecule has 8 heteroatoms. The Labute approximate surface area is 179 Å². The number of aryl methyl sites for hydroxylation is 2. The first-order valence-corrected chi connectivity index (χ1v) is 10.8. The van der Waals surface area contributed by atoms with E-state index in [1.54, 1.807) is 0 Å². The summed E-state index contributed by atoms with van der Waals surface area (Å²) in [6, 6.07) is 11.4. The van der Waals surface area contributed by atoms with Crippen molar-refractivity contribution < 1.29 is 14.3 Å². The second kappa shape index (κ2) is 8.97. The minimum atomic E-state index is -0.327. The van der Waals surface area contributed by atoms with Gasteiger partial charge in [-0.2, -0.15) is 0 Å². The molecule has 1 N–H and O–H groups in total. The Morgan fingerprint density at radius 2 is 1.87 bits per heavy atom. The van der Waals surface area contributed by atoms with Gasteiger partial charge >= 0.3 is 0 Å². The minimum absolute atomic E-state index is 0.0484. The van der Waals surface area contributed by atoms with E-state index in [-0.39, 0.29) is 24.5 Å². The predicted molar refractivity (Wildman–Crippen MR) is 113 cm³/mol. The number of amides is 2. The average molecular weight is 425 g/mol. The van der Waals surface area contributed by atoms with Crippen molar-refractivity contribution in [1.82, 2.24) is 20.2 Å². The van der Waals surface area contributed by atoms with Crippen molar-refractivity contribution >= 4 is 23.6 Å². The van der Waals surface area contributed by atoms with Crippen LogP contribution in [0.3, 0.4) is 0 Å². The fourth-order valence-corrected chi connectivity index (χ4v) is 4.59. The van der Waals surface area contributed by atoms with Crippen molar-refractivity contribution in [1.29, 1.82) is 0 Å². The number of hydrogen-bond acceptors (Lipinski definition) is 7. The van der Waals surface area contributed by atoms with Crippen LogP contribution < -0.4 is 5.32 Å². The van der Waals surface area contributed by atoms with Crippen LogP contribution in [0.5, 0.6) is 0 Å². The van der Waals surface area contributed by atoms with E-state index in [4.69, 9.17) is 4.74 Å². The molecule has 1 aromatic carbocycles. The fraction of sp³-hybridized carbons (Fsp3) is 0.364. The van der Waals surface area contributed by atoms with Gasteiger partial charge in [0.15, 0.2) is 5.16 Å². The maximum Gasteiger partial charge on any atom is 0.278 e. The van der Waals surface area contributed by atoms with Crippen LogP contribution >= 0.6 is 11.8 Å². The van der Waals surface area contributed by atoms with Gasteiger partial charge < -0.3 is 10.1 Å². The highest BCUT2D eigenvalue weighted by Crippen LogP contribution is 2.34. The van der Waals surface area contributed by atoms with Crippen LogP contribution in [-0.4, -0.2) is 45.9 Å². The van der Waals surface area contributed by atoms with Gasteiger partial charge in [0, 0.05) is 24.5 Å². The zero-order chi connectivity index (χ0) is 21.1. The zero-order valence-corrected chi connectivity index (χ0v) is 17.9. The van der Waals surface area contributed by atoms with Gasteiger partial charge in [-0.1, -0.05) is 30.3 Å². The van der Waals surface area contributed by atoms with Gasteiger partial charge in [0.05, 0.1) is 12.6 Å². The van der Waals surface area contributed by atoms with Crippen molar-refractivity contribution in [2.45, 2.75) is 44.5 Å².